The van der Waals surface area contributed by atoms with Gasteiger partial charge in [0.2, 0.25) is 0 Å². The molecule has 0 aromatic heterocycles. The average molecular weight is 254 g/mol. The Morgan fingerprint density at radius 3 is 2.38 bits per heavy atom. The molecule has 0 saturated heterocycles. The molecule has 0 saturated carbocycles. The van der Waals surface area contributed by atoms with Crippen LogP contribution in [0.2, 0.25) is 0 Å². The minimum absolute atomic E-state index is 0.0960. The van der Waals surface area contributed by atoms with Gasteiger partial charge in [-0.2, -0.15) is 8.42 Å². The molecule has 0 fully saturated rings. The van der Waals surface area contributed by atoms with Crippen molar-refractivity contribution in [3.63, 3.8) is 0 Å². The van der Waals surface area contributed by atoms with Crippen molar-refractivity contribution in [2.75, 3.05) is 45.1 Å². The van der Waals surface area contributed by atoms with Crippen LogP contribution in [0, 0.1) is 0 Å². The summed E-state index contributed by atoms with van der Waals surface area (Å²) in [7, 11) is -3.87. The first-order chi connectivity index (χ1) is 7.49. The second-order valence-electron chi connectivity index (χ2n) is 3.60. The zero-order valence-corrected chi connectivity index (χ0v) is 10.5. The van der Waals surface area contributed by atoms with Crippen molar-refractivity contribution < 1.29 is 18.1 Å². The van der Waals surface area contributed by atoms with Crippen LogP contribution in [0.25, 0.3) is 0 Å². The maximum atomic E-state index is 10.6. The van der Waals surface area contributed by atoms with Gasteiger partial charge in [-0.15, -0.1) is 0 Å². The Labute approximate surface area is 97.4 Å². The molecule has 3 N–H and O–H groups in total. The van der Waals surface area contributed by atoms with Gasteiger partial charge in [-0.05, 0) is 13.0 Å². The predicted octanol–water partition coefficient (Wildman–Crippen LogP) is -0.832. The highest BCUT2D eigenvalue weighted by Crippen LogP contribution is 1.93. The summed E-state index contributed by atoms with van der Waals surface area (Å²) in [5, 5.41) is 11.6. The maximum Gasteiger partial charge on any atom is 0.266 e. The molecule has 0 bridgehead atoms. The molecular formula is C9H22N2O4S. The Morgan fingerprint density at radius 2 is 1.88 bits per heavy atom. The Hall–Kier alpha value is -0.210. The molecule has 6 nitrogen and oxygen atoms in total. The van der Waals surface area contributed by atoms with E-state index in [1.807, 2.05) is 11.8 Å². The third kappa shape index (κ3) is 10.3. The second-order valence-corrected chi connectivity index (χ2v) is 5.17. The van der Waals surface area contributed by atoms with E-state index in [4.69, 9.17) is 9.66 Å². The lowest BCUT2D eigenvalue weighted by Gasteiger charge is -2.20. The van der Waals surface area contributed by atoms with E-state index >= 15 is 0 Å². The molecular weight excluding hydrogens is 232 g/mol. The van der Waals surface area contributed by atoms with E-state index < -0.39 is 10.1 Å². The van der Waals surface area contributed by atoms with E-state index in [9.17, 15) is 8.42 Å². The van der Waals surface area contributed by atoms with Crippen LogP contribution in [0.15, 0.2) is 0 Å². The molecule has 0 rings (SSSR count). The minimum atomic E-state index is -3.87. The summed E-state index contributed by atoms with van der Waals surface area (Å²) < 4.78 is 29.8. The first-order valence-corrected chi connectivity index (χ1v) is 7.09. The normalized spacial score (nSPS) is 12.2. The molecule has 0 aromatic carbocycles. The largest absolute Gasteiger partial charge is 0.395 e. The number of nitrogens with one attached hydrogen (secondary N) is 1. The second kappa shape index (κ2) is 8.89. The van der Waals surface area contributed by atoms with Crippen molar-refractivity contribution in [3.8, 4) is 0 Å². The smallest absolute Gasteiger partial charge is 0.266 e. The van der Waals surface area contributed by atoms with Gasteiger partial charge in [-0.1, -0.05) is 6.92 Å². The number of nitrogens with zero attached hydrogens (tertiary/aromatic N) is 1. The Balaban J connectivity index is 3.79. The molecule has 0 radical (unpaired) electrons. The lowest BCUT2D eigenvalue weighted by Crippen LogP contribution is -2.36. The van der Waals surface area contributed by atoms with Gasteiger partial charge < -0.3 is 15.3 Å². The highest BCUT2D eigenvalue weighted by Gasteiger charge is 2.09. The Bertz CT molecular complexity index is 256. The van der Waals surface area contributed by atoms with Crippen LogP contribution in [0.3, 0.4) is 0 Å². The Morgan fingerprint density at radius 1 is 1.19 bits per heavy atom. The molecule has 0 atom stereocenters. The van der Waals surface area contributed by atoms with E-state index in [0.717, 1.165) is 13.0 Å². The van der Waals surface area contributed by atoms with Crippen molar-refractivity contribution >= 4 is 10.1 Å². The van der Waals surface area contributed by atoms with Crippen molar-refractivity contribution in [1.82, 2.24) is 10.2 Å². The van der Waals surface area contributed by atoms with Crippen molar-refractivity contribution in [3.05, 3.63) is 0 Å². The monoisotopic (exact) mass is 254 g/mol. The van der Waals surface area contributed by atoms with E-state index in [2.05, 4.69) is 5.32 Å². The topological polar surface area (TPSA) is 89.9 Å². The predicted molar refractivity (Wildman–Crippen MR) is 63.1 cm³/mol. The molecule has 0 spiro atoms. The van der Waals surface area contributed by atoms with E-state index in [-0.39, 0.29) is 12.4 Å². The van der Waals surface area contributed by atoms with E-state index in [1.165, 1.54) is 0 Å². The van der Waals surface area contributed by atoms with Gasteiger partial charge >= 0.3 is 0 Å². The van der Waals surface area contributed by atoms with Gasteiger partial charge in [-0.25, -0.2) is 0 Å². The molecule has 0 aliphatic rings. The lowest BCUT2D eigenvalue weighted by atomic mass is 10.4. The van der Waals surface area contributed by atoms with Crippen LogP contribution in [-0.2, 0) is 10.1 Å². The van der Waals surface area contributed by atoms with Crippen molar-refractivity contribution in [2.45, 2.75) is 13.3 Å². The molecule has 16 heavy (non-hydrogen) atoms. The van der Waals surface area contributed by atoms with Crippen LogP contribution in [-0.4, -0.2) is 68.1 Å². The molecule has 0 amide bonds. The van der Waals surface area contributed by atoms with Gasteiger partial charge in [-0.3, -0.25) is 4.55 Å². The number of rotatable bonds is 10. The number of hydrogen-bond acceptors (Lipinski definition) is 5. The molecule has 0 heterocycles. The van der Waals surface area contributed by atoms with Crippen LogP contribution in [0.4, 0.5) is 0 Å². The summed E-state index contributed by atoms with van der Waals surface area (Å²) in [4.78, 5) is 1.97. The summed E-state index contributed by atoms with van der Waals surface area (Å²) in [5.41, 5.74) is 0. The molecule has 0 aliphatic heterocycles. The zero-order valence-electron chi connectivity index (χ0n) is 9.72. The first kappa shape index (κ1) is 15.8. The third-order valence-corrected chi connectivity index (χ3v) is 2.80. The summed E-state index contributed by atoms with van der Waals surface area (Å²) in [6, 6.07) is 0. The Kier molecular flexibility index (Phi) is 8.77. The average Bonchev–Trinajstić information content (AvgIpc) is 2.19. The number of aliphatic hydroxyl groups excluding tert-OH is 1. The molecule has 7 heteroatoms. The van der Waals surface area contributed by atoms with Crippen molar-refractivity contribution in [2.24, 2.45) is 0 Å². The maximum absolute atomic E-state index is 10.6. The lowest BCUT2D eigenvalue weighted by molar-refractivity contribution is 0.268. The van der Waals surface area contributed by atoms with Gasteiger partial charge in [0.25, 0.3) is 10.1 Å². The fourth-order valence-electron chi connectivity index (χ4n) is 1.34. The first-order valence-electron chi connectivity index (χ1n) is 5.48. The van der Waals surface area contributed by atoms with Crippen LogP contribution >= 0.6 is 0 Å². The van der Waals surface area contributed by atoms with E-state index in [0.29, 0.717) is 26.2 Å². The van der Waals surface area contributed by atoms with Crippen LogP contribution < -0.4 is 5.32 Å². The van der Waals surface area contributed by atoms with Crippen LogP contribution in [0.5, 0.6) is 0 Å². The summed E-state index contributed by atoms with van der Waals surface area (Å²) in [6.45, 7) is 5.21. The molecule has 98 valence electrons. The van der Waals surface area contributed by atoms with Gasteiger partial charge in [0.1, 0.15) is 0 Å². The number of aliphatic hydroxyl groups is 1. The van der Waals surface area contributed by atoms with Gasteiger partial charge in [0.05, 0.1) is 12.4 Å². The SMILES string of the molecule is CCCN(CCNCCO)CCS(=O)(=O)O. The quantitative estimate of drug-likeness (QED) is 0.348. The minimum Gasteiger partial charge on any atom is -0.395 e. The van der Waals surface area contributed by atoms with Crippen molar-refractivity contribution in [1.29, 1.82) is 0 Å². The van der Waals surface area contributed by atoms with Crippen LogP contribution in [0.1, 0.15) is 13.3 Å². The fraction of sp³-hybridized carbons (Fsp3) is 1.00. The highest BCUT2D eigenvalue weighted by molar-refractivity contribution is 7.85. The van der Waals surface area contributed by atoms with Gasteiger partial charge in [0.15, 0.2) is 0 Å². The van der Waals surface area contributed by atoms with E-state index in [1.54, 1.807) is 0 Å². The molecule has 0 unspecified atom stereocenters. The summed E-state index contributed by atoms with van der Waals surface area (Å²) in [5.74, 6) is -0.229. The highest BCUT2D eigenvalue weighted by atomic mass is 32.2. The molecule has 0 aromatic rings. The summed E-state index contributed by atoms with van der Waals surface area (Å²) >= 11 is 0. The fourth-order valence-corrected chi connectivity index (χ4v) is 1.83. The van der Waals surface area contributed by atoms with Gasteiger partial charge in [0, 0.05) is 26.2 Å². The zero-order chi connectivity index (χ0) is 12.4. The summed E-state index contributed by atoms with van der Waals surface area (Å²) in [6.07, 6.45) is 0.936. The third-order valence-electron chi connectivity index (χ3n) is 2.10. The molecule has 0 aliphatic carbocycles. The standard InChI is InChI=1S/C9H22N2O4S/c1-2-5-11(6-3-10-4-8-12)7-9-16(13,14)15/h10,12H,2-9H2,1H3,(H,13,14,15). The number of hydrogen-bond donors (Lipinski definition) is 3.